The largest absolute Gasteiger partial charge is 0.477 e. The highest BCUT2D eigenvalue weighted by Gasteiger charge is 2.33. The van der Waals surface area contributed by atoms with Crippen molar-refractivity contribution in [1.82, 2.24) is 15.3 Å². The monoisotopic (exact) mass is 487 g/mol. The summed E-state index contributed by atoms with van der Waals surface area (Å²) in [6.07, 6.45) is 3.93. The van der Waals surface area contributed by atoms with Crippen LogP contribution in [0, 0.1) is 0 Å². The second-order valence-electron chi connectivity index (χ2n) is 9.23. The molecule has 0 fully saturated rings. The summed E-state index contributed by atoms with van der Waals surface area (Å²) in [4.78, 5) is 22.2. The first-order valence-electron chi connectivity index (χ1n) is 11.1. The van der Waals surface area contributed by atoms with E-state index in [4.69, 9.17) is 9.72 Å². The van der Waals surface area contributed by atoms with Crippen molar-refractivity contribution >= 4 is 39.2 Å². The van der Waals surface area contributed by atoms with Crippen LogP contribution in [0.1, 0.15) is 64.3 Å². The Bertz CT molecular complexity index is 1120. The summed E-state index contributed by atoms with van der Waals surface area (Å²) in [6.45, 7) is 10.7. The maximum absolute atomic E-state index is 13.0. The molecule has 2 heterocycles. The fourth-order valence-electron chi connectivity index (χ4n) is 3.23. The van der Waals surface area contributed by atoms with Crippen molar-refractivity contribution in [2.75, 3.05) is 12.9 Å². The van der Waals surface area contributed by atoms with Crippen LogP contribution >= 0.6 is 23.1 Å². The van der Waals surface area contributed by atoms with Crippen molar-refractivity contribution < 1.29 is 14.6 Å². The van der Waals surface area contributed by atoms with Gasteiger partial charge in [-0.2, -0.15) is 0 Å². The topological polar surface area (TPSA) is 84.3 Å². The van der Waals surface area contributed by atoms with Gasteiger partial charge in [0.15, 0.2) is 9.94 Å². The lowest BCUT2D eigenvalue weighted by Gasteiger charge is -2.24. The molecule has 0 saturated carbocycles. The number of rotatable bonds is 9. The number of thioether (sulfide) groups is 1. The normalized spacial score (nSPS) is 13.7. The third kappa shape index (κ3) is 6.05. The van der Waals surface area contributed by atoms with Crippen LogP contribution in [-0.2, 0) is 22.4 Å². The molecule has 0 saturated heterocycles. The summed E-state index contributed by atoms with van der Waals surface area (Å²) in [6, 6.07) is 9.35. The highest BCUT2D eigenvalue weighted by atomic mass is 32.2. The minimum Gasteiger partial charge on any atom is -0.477 e. The van der Waals surface area contributed by atoms with E-state index in [-0.39, 0.29) is 12.0 Å². The van der Waals surface area contributed by atoms with Gasteiger partial charge in [-0.1, -0.05) is 58.0 Å². The third-order valence-electron chi connectivity index (χ3n) is 5.43. The molecule has 33 heavy (non-hydrogen) atoms. The molecule has 3 aromatic rings. The Morgan fingerprint density at radius 3 is 2.61 bits per heavy atom. The molecule has 8 heteroatoms. The van der Waals surface area contributed by atoms with Gasteiger partial charge in [0.2, 0.25) is 5.88 Å². The third-order valence-corrected chi connectivity index (χ3v) is 7.43. The second kappa shape index (κ2) is 10.4. The zero-order chi connectivity index (χ0) is 24.2. The van der Waals surface area contributed by atoms with Gasteiger partial charge in [-0.3, -0.25) is 4.79 Å². The van der Waals surface area contributed by atoms with E-state index in [0.717, 1.165) is 38.7 Å². The molecule has 0 radical (unpaired) electrons. The molecule has 2 N–H and O–H groups in total. The van der Waals surface area contributed by atoms with Gasteiger partial charge >= 0.3 is 0 Å². The number of unbranched alkanes of at least 4 members (excludes halogenated alkanes) is 1. The molecule has 0 aliphatic rings. The van der Waals surface area contributed by atoms with Crippen molar-refractivity contribution in [1.29, 1.82) is 0 Å². The molecule has 1 amide bonds. The molecule has 0 aliphatic heterocycles. The molecule has 178 valence electrons. The number of hydrogen-bond acceptors (Lipinski definition) is 7. The molecule has 1 unspecified atom stereocenters. The molecule has 6 nitrogen and oxygen atoms in total. The second-order valence-corrected chi connectivity index (χ2v) is 11.3. The molecule has 1 atom stereocenters. The predicted octanol–water partition coefficient (Wildman–Crippen LogP) is 5.41. The molecule has 0 aliphatic carbocycles. The first-order chi connectivity index (χ1) is 15.6. The van der Waals surface area contributed by atoms with Crippen LogP contribution in [-0.4, -0.2) is 33.8 Å². The van der Waals surface area contributed by atoms with Gasteiger partial charge in [-0.25, -0.2) is 9.97 Å². The van der Waals surface area contributed by atoms with Gasteiger partial charge in [-0.05, 0) is 43.4 Å². The van der Waals surface area contributed by atoms with Gasteiger partial charge in [-0.15, -0.1) is 11.3 Å². The SMILES string of the molecule is CCCCOc1nc(C(C)(C)C)ccc1CNC(=O)C(C)(O)c1ccc2nc(SC)sc2c1. The number of aliphatic hydroxyl groups is 1. The number of ether oxygens (including phenoxy) is 1. The van der Waals surface area contributed by atoms with E-state index >= 15 is 0 Å². The van der Waals surface area contributed by atoms with Gasteiger partial charge in [0.1, 0.15) is 0 Å². The number of nitrogens with one attached hydrogen (secondary N) is 1. The van der Waals surface area contributed by atoms with Crippen molar-refractivity contribution in [2.24, 2.45) is 0 Å². The van der Waals surface area contributed by atoms with Crippen LogP contribution in [0.4, 0.5) is 0 Å². The quantitative estimate of drug-likeness (QED) is 0.310. The van der Waals surface area contributed by atoms with E-state index in [1.807, 2.05) is 30.5 Å². The molecule has 3 rings (SSSR count). The molecule has 2 aromatic heterocycles. The number of nitrogens with zero attached hydrogens (tertiary/aromatic N) is 2. The van der Waals surface area contributed by atoms with Crippen LogP contribution < -0.4 is 10.1 Å². The van der Waals surface area contributed by atoms with E-state index in [1.165, 1.54) is 6.92 Å². The van der Waals surface area contributed by atoms with Gasteiger partial charge in [0.25, 0.3) is 5.91 Å². The standard InChI is InChI=1S/C25H33N3O3S2/c1-7-8-13-31-21-16(9-12-20(28-21)24(2,3)4)15-26-22(29)25(5,30)17-10-11-18-19(14-17)33-23(27-18)32-6/h9-12,14,30H,7-8,13,15H2,1-6H3,(H,26,29). The zero-order valence-corrected chi connectivity index (χ0v) is 21.8. The summed E-state index contributed by atoms with van der Waals surface area (Å²) < 4.78 is 7.84. The van der Waals surface area contributed by atoms with Crippen molar-refractivity contribution in [3.05, 3.63) is 47.2 Å². The van der Waals surface area contributed by atoms with Crippen LogP contribution in [0.25, 0.3) is 10.2 Å². The fraction of sp³-hybridized carbons (Fsp3) is 0.480. The molecule has 1 aromatic carbocycles. The lowest BCUT2D eigenvalue weighted by Crippen LogP contribution is -2.41. The number of carbonyl (C=O) groups is 1. The number of benzene rings is 1. The summed E-state index contributed by atoms with van der Waals surface area (Å²) in [5.41, 5.74) is 1.32. The van der Waals surface area contributed by atoms with Gasteiger partial charge in [0.05, 0.1) is 16.8 Å². The minimum absolute atomic E-state index is 0.111. The first-order valence-corrected chi connectivity index (χ1v) is 13.2. The van der Waals surface area contributed by atoms with Crippen molar-refractivity contribution in [3.63, 3.8) is 0 Å². The van der Waals surface area contributed by atoms with Gasteiger partial charge < -0.3 is 15.2 Å². The average molecular weight is 488 g/mol. The van der Waals surface area contributed by atoms with E-state index in [1.54, 1.807) is 29.2 Å². The zero-order valence-electron chi connectivity index (χ0n) is 20.2. The van der Waals surface area contributed by atoms with E-state index in [9.17, 15) is 9.90 Å². The maximum atomic E-state index is 13.0. The molecular weight excluding hydrogens is 454 g/mol. The Labute approximate surface area is 204 Å². The van der Waals surface area contributed by atoms with Crippen LogP contribution in [0.2, 0.25) is 0 Å². The van der Waals surface area contributed by atoms with E-state index < -0.39 is 11.5 Å². The minimum atomic E-state index is -1.68. The molecular formula is C25H33N3O3S2. The van der Waals surface area contributed by atoms with E-state index in [0.29, 0.717) is 18.1 Å². The number of pyridine rings is 1. The highest BCUT2D eigenvalue weighted by molar-refractivity contribution is 8.00. The first kappa shape index (κ1) is 25.5. The van der Waals surface area contributed by atoms with Crippen molar-refractivity contribution in [3.8, 4) is 5.88 Å². The summed E-state index contributed by atoms with van der Waals surface area (Å²) in [7, 11) is 0. The smallest absolute Gasteiger partial charge is 0.256 e. The Balaban J connectivity index is 1.78. The Morgan fingerprint density at radius 1 is 1.18 bits per heavy atom. The van der Waals surface area contributed by atoms with Crippen LogP contribution in [0.5, 0.6) is 5.88 Å². The maximum Gasteiger partial charge on any atom is 0.256 e. The molecule has 0 spiro atoms. The summed E-state index contributed by atoms with van der Waals surface area (Å²) in [5.74, 6) is 0.0577. The van der Waals surface area contributed by atoms with Gasteiger partial charge in [0, 0.05) is 23.2 Å². The number of aromatic nitrogens is 2. The average Bonchev–Trinajstić information content (AvgIpc) is 3.20. The number of carbonyl (C=O) groups excluding carboxylic acids is 1. The Hall–Kier alpha value is -2.16. The number of fused-ring (bicyclic) bond motifs is 1. The highest BCUT2D eigenvalue weighted by Crippen LogP contribution is 2.32. The Kier molecular flexibility index (Phi) is 8.03. The summed E-state index contributed by atoms with van der Waals surface area (Å²) >= 11 is 3.13. The van der Waals surface area contributed by atoms with Crippen LogP contribution in [0.15, 0.2) is 34.7 Å². The van der Waals surface area contributed by atoms with Crippen LogP contribution in [0.3, 0.4) is 0 Å². The predicted molar refractivity (Wildman–Crippen MR) is 136 cm³/mol. The molecule has 0 bridgehead atoms. The number of hydrogen-bond donors (Lipinski definition) is 2. The lowest BCUT2D eigenvalue weighted by molar-refractivity contribution is -0.139. The number of amides is 1. The lowest BCUT2D eigenvalue weighted by atomic mass is 9.91. The fourth-order valence-corrected chi connectivity index (χ4v) is 4.76. The number of thiazole rings is 1. The summed E-state index contributed by atoms with van der Waals surface area (Å²) in [5, 5.41) is 13.9. The van der Waals surface area contributed by atoms with Crippen molar-refractivity contribution in [2.45, 2.75) is 69.4 Å². The van der Waals surface area contributed by atoms with E-state index in [2.05, 4.69) is 38.0 Å². The Morgan fingerprint density at radius 2 is 1.94 bits per heavy atom.